The fraction of sp³-hybridized carbons (Fsp3) is 0.500. The van der Waals surface area contributed by atoms with Crippen LogP contribution in [0, 0.1) is 0 Å². The molecule has 1 aromatic rings. The molecule has 0 saturated heterocycles. The first kappa shape index (κ1) is 14.9. The number of carboxylic acids is 1. The highest BCUT2D eigenvalue weighted by molar-refractivity contribution is 9.10. The van der Waals surface area contributed by atoms with Crippen molar-refractivity contribution in [3.63, 3.8) is 0 Å². The molecular weight excluding hydrogens is 300 g/mol. The number of hydrogen-bond donors (Lipinski definition) is 1. The van der Waals surface area contributed by atoms with Gasteiger partial charge in [-0.05, 0) is 35.8 Å². The van der Waals surface area contributed by atoms with Crippen molar-refractivity contribution in [1.82, 2.24) is 4.98 Å². The number of carboxylic acid groups (broad SMARTS) is 1. The number of hydrogen-bond acceptors (Lipinski definition) is 4. The minimum Gasteiger partial charge on any atom is -0.478 e. The number of methoxy groups -OCH3 is 1. The maximum Gasteiger partial charge on any atom is 0.339 e. The molecule has 6 heteroatoms. The standard InChI is InChI=1S/C12H17BrN2O3/c1-8(2)15(4-5-18-3)11-10(12(16)17)6-9(13)7-14-11/h6-8H,4-5H2,1-3H3,(H,16,17). The predicted octanol–water partition coefficient (Wildman–Crippen LogP) is 2.40. The van der Waals surface area contributed by atoms with Crippen molar-refractivity contribution in [2.24, 2.45) is 0 Å². The number of nitrogens with zero attached hydrogens (tertiary/aromatic N) is 2. The number of halogens is 1. The van der Waals surface area contributed by atoms with Gasteiger partial charge in [0.05, 0.1) is 6.61 Å². The van der Waals surface area contributed by atoms with Crippen molar-refractivity contribution in [3.05, 3.63) is 22.3 Å². The first-order chi connectivity index (χ1) is 8.47. The van der Waals surface area contributed by atoms with Crippen LogP contribution in [-0.2, 0) is 4.74 Å². The SMILES string of the molecule is COCCN(c1ncc(Br)cc1C(=O)O)C(C)C. The van der Waals surface area contributed by atoms with Crippen molar-refractivity contribution < 1.29 is 14.6 Å². The van der Waals surface area contributed by atoms with Crippen molar-refractivity contribution >= 4 is 27.7 Å². The molecule has 0 saturated carbocycles. The summed E-state index contributed by atoms with van der Waals surface area (Å²) in [7, 11) is 1.62. The molecule has 0 fully saturated rings. The topological polar surface area (TPSA) is 62.7 Å². The molecular formula is C12H17BrN2O3. The zero-order chi connectivity index (χ0) is 13.7. The Hall–Kier alpha value is -1.14. The summed E-state index contributed by atoms with van der Waals surface area (Å²) in [6, 6.07) is 1.71. The van der Waals surface area contributed by atoms with E-state index < -0.39 is 5.97 Å². The summed E-state index contributed by atoms with van der Waals surface area (Å²) in [5.74, 6) is -0.514. The molecule has 1 heterocycles. The first-order valence-electron chi connectivity index (χ1n) is 5.61. The van der Waals surface area contributed by atoms with E-state index in [1.54, 1.807) is 19.4 Å². The van der Waals surface area contributed by atoms with Crippen molar-refractivity contribution in [1.29, 1.82) is 0 Å². The Balaban J connectivity index is 3.14. The molecule has 0 atom stereocenters. The second kappa shape index (κ2) is 6.70. The summed E-state index contributed by atoms with van der Waals surface area (Å²) in [5, 5.41) is 9.23. The van der Waals surface area contributed by atoms with Gasteiger partial charge in [-0.1, -0.05) is 0 Å². The van der Waals surface area contributed by atoms with Gasteiger partial charge in [0, 0.05) is 30.4 Å². The fourth-order valence-corrected chi connectivity index (χ4v) is 1.95. The van der Waals surface area contributed by atoms with E-state index in [1.807, 2.05) is 18.7 Å². The largest absolute Gasteiger partial charge is 0.478 e. The van der Waals surface area contributed by atoms with E-state index in [9.17, 15) is 9.90 Å². The molecule has 1 aromatic heterocycles. The molecule has 0 aliphatic heterocycles. The molecule has 0 aliphatic rings. The number of carbonyl (C=O) groups is 1. The van der Waals surface area contributed by atoms with Gasteiger partial charge in [0.2, 0.25) is 0 Å². The van der Waals surface area contributed by atoms with Crippen LogP contribution >= 0.6 is 15.9 Å². The molecule has 0 bridgehead atoms. The van der Waals surface area contributed by atoms with E-state index >= 15 is 0 Å². The summed E-state index contributed by atoms with van der Waals surface area (Å²) in [6.07, 6.45) is 1.60. The predicted molar refractivity (Wildman–Crippen MR) is 73.3 cm³/mol. The maximum absolute atomic E-state index is 11.3. The zero-order valence-electron chi connectivity index (χ0n) is 10.7. The van der Waals surface area contributed by atoms with Crippen molar-refractivity contribution in [3.8, 4) is 0 Å². The van der Waals surface area contributed by atoms with Crippen LogP contribution in [0.3, 0.4) is 0 Å². The highest BCUT2D eigenvalue weighted by Crippen LogP contribution is 2.23. The highest BCUT2D eigenvalue weighted by Gasteiger charge is 2.20. The Labute approximate surface area is 115 Å². The molecule has 18 heavy (non-hydrogen) atoms. The molecule has 1 rings (SSSR count). The van der Waals surface area contributed by atoms with Crippen LogP contribution in [0.1, 0.15) is 24.2 Å². The van der Waals surface area contributed by atoms with E-state index in [4.69, 9.17) is 4.74 Å². The van der Waals surface area contributed by atoms with Gasteiger partial charge in [-0.3, -0.25) is 0 Å². The average Bonchev–Trinajstić information content (AvgIpc) is 2.30. The van der Waals surface area contributed by atoms with Crippen LogP contribution < -0.4 is 4.90 Å². The van der Waals surface area contributed by atoms with Gasteiger partial charge in [-0.25, -0.2) is 9.78 Å². The molecule has 0 spiro atoms. The van der Waals surface area contributed by atoms with E-state index in [1.165, 1.54) is 0 Å². The Bertz CT molecular complexity index is 424. The summed E-state index contributed by atoms with van der Waals surface area (Å²) in [4.78, 5) is 17.4. The van der Waals surface area contributed by atoms with Crippen LogP contribution in [0.15, 0.2) is 16.7 Å². The lowest BCUT2D eigenvalue weighted by molar-refractivity contribution is 0.0697. The normalized spacial score (nSPS) is 10.7. The number of aromatic carboxylic acids is 1. The van der Waals surface area contributed by atoms with Gasteiger partial charge in [-0.2, -0.15) is 0 Å². The van der Waals surface area contributed by atoms with Gasteiger partial charge in [0.1, 0.15) is 11.4 Å². The lowest BCUT2D eigenvalue weighted by atomic mass is 10.2. The van der Waals surface area contributed by atoms with Crippen LogP contribution in [0.25, 0.3) is 0 Å². The van der Waals surface area contributed by atoms with Gasteiger partial charge >= 0.3 is 5.97 Å². The smallest absolute Gasteiger partial charge is 0.339 e. The van der Waals surface area contributed by atoms with Gasteiger partial charge < -0.3 is 14.7 Å². The van der Waals surface area contributed by atoms with E-state index in [2.05, 4.69) is 20.9 Å². The second-order valence-corrected chi connectivity index (χ2v) is 5.03. The number of anilines is 1. The molecule has 0 aliphatic carbocycles. The Kier molecular flexibility index (Phi) is 5.55. The molecule has 0 radical (unpaired) electrons. The van der Waals surface area contributed by atoms with Gasteiger partial charge in [-0.15, -0.1) is 0 Å². The minimum absolute atomic E-state index is 0.145. The monoisotopic (exact) mass is 316 g/mol. The van der Waals surface area contributed by atoms with E-state index in [0.29, 0.717) is 23.4 Å². The maximum atomic E-state index is 11.3. The highest BCUT2D eigenvalue weighted by atomic mass is 79.9. The minimum atomic E-state index is -0.984. The molecule has 0 aromatic carbocycles. The second-order valence-electron chi connectivity index (χ2n) is 4.11. The third kappa shape index (κ3) is 3.68. The third-order valence-corrected chi connectivity index (χ3v) is 2.93. The Morgan fingerprint density at radius 2 is 2.28 bits per heavy atom. The fourth-order valence-electron chi connectivity index (χ4n) is 1.62. The van der Waals surface area contributed by atoms with Crippen LogP contribution in [0.2, 0.25) is 0 Å². The molecule has 0 amide bonds. The van der Waals surface area contributed by atoms with Gasteiger partial charge in [0.15, 0.2) is 0 Å². The van der Waals surface area contributed by atoms with E-state index in [-0.39, 0.29) is 11.6 Å². The van der Waals surface area contributed by atoms with Crippen molar-refractivity contribution in [2.45, 2.75) is 19.9 Å². The van der Waals surface area contributed by atoms with Crippen LogP contribution in [-0.4, -0.2) is 42.4 Å². The number of aromatic nitrogens is 1. The lowest BCUT2D eigenvalue weighted by Gasteiger charge is -2.28. The summed E-state index contributed by atoms with van der Waals surface area (Å²) >= 11 is 3.23. The quantitative estimate of drug-likeness (QED) is 0.873. The summed E-state index contributed by atoms with van der Waals surface area (Å²) in [6.45, 7) is 5.11. The van der Waals surface area contributed by atoms with E-state index in [0.717, 1.165) is 0 Å². The number of ether oxygens (including phenoxy) is 1. The van der Waals surface area contributed by atoms with Crippen molar-refractivity contribution in [2.75, 3.05) is 25.2 Å². The zero-order valence-corrected chi connectivity index (χ0v) is 12.3. The molecule has 5 nitrogen and oxygen atoms in total. The molecule has 100 valence electrons. The van der Waals surface area contributed by atoms with Crippen LogP contribution in [0.4, 0.5) is 5.82 Å². The number of pyridine rings is 1. The van der Waals surface area contributed by atoms with Crippen LogP contribution in [0.5, 0.6) is 0 Å². The summed E-state index contributed by atoms with van der Waals surface area (Å²) < 4.78 is 5.69. The molecule has 1 N–H and O–H groups in total. The molecule has 0 unspecified atom stereocenters. The lowest BCUT2D eigenvalue weighted by Crippen LogP contribution is -2.35. The average molecular weight is 317 g/mol. The summed E-state index contributed by atoms with van der Waals surface area (Å²) in [5.41, 5.74) is 0.189. The first-order valence-corrected chi connectivity index (χ1v) is 6.41. The van der Waals surface area contributed by atoms with Gasteiger partial charge in [0.25, 0.3) is 0 Å². The Morgan fingerprint density at radius 3 is 2.78 bits per heavy atom. The Morgan fingerprint density at radius 1 is 1.61 bits per heavy atom. The third-order valence-electron chi connectivity index (χ3n) is 2.50. The number of rotatable bonds is 6.